The SMILES string of the molecule is CCCNC(C)(C)CC(C)NC(=O)C1Cc2cc(OC)c(OC)cc2S(=O)(=O)N1Cc1ccccc1. The van der Waals surface area contributed by atoms with Gasteiger partial charge in [0.15, 0.2) is 11.5 Å². The number of rotatable bonds is 11. The number of amides is 1. The summed E-state index contributed by atoms with van der Waals surface area (Å²) < 4.78 is 39.8. The molecular weight excluding hydrogens is 478 g/mol. The summed E-state index contributed by atoms with van der Waals surface area (Å²) in [5.41, 5.74) is 1.18. The van der Waals surface area contributed by atoms with Crippen molar-refractivity contribution in [3.63, 3.8) is 0 Å². The van der Waals surface area contributed by atoms with Gasteiger partial charge in [-0.3, -0.25) is 4.79 Å². The number of carbonyl (C=O) groups is 1. The van der Waals surface area contributed by atoms with E-state index in [0.29, 0.717) is 23.5 Å². The summed E-state index contributed by atoms with van der Waals surface area (Å²) in [6, 6.07) is 11.4. The third kappa shape index (κ3) is 6.38. The Kier molecular flexibility index (Phi) is 9.03. The second-order valence-electron chi connectivity index (χ2n) is 10.00. The molecule has 2 atom stereocenters. The van der Waals surface area contributed by atoms with Gasteiger partial charge in [-0.2, -0.15) is 4.31 Å². The molecule has 2 aromatic rings. The van der Waals surface area contributed by atoms with Crippen LogP contribution in [0.15, 0.2) is 47.4 Å². The molecule has 36 heavy (non-hydrogen) atoms. The number of nitrogens with zero attached hydrogens (tertiary/aromatic N) is 1. The van der Waals surface area contributed by atoms with Gasteiger partial charge in [-0.1, -0.05) is 37.3 Å². The standard InChI is InChI=1S/C27H39N3O5S/c1-7-13-28-27(3,4)17-19(2)29-26(31)22-14-21-15-23(34-5)24(35-6)16-25(21)36(32,33)30(22)18-20-11-9-8-10-12-20/h8-12,15-16,19,22,28H,7,13-14,17-18H2,1-6H3,(H,29,31). The van der Waals surface area contributed by atoms with Gasteiger partial charge in [-0.15, -0.1) is 0 Å². The van der Waals surface area contributed by atoms with Crippen molar-refractivity contribution in [2.24, 2.45) is 0 Å². The van der Waals surface area contributed by atoms with Gasteiger partial charge < -0.3 is 20.1 Å². The Hall–Kier alpha value is -2.62. The van der Waals surface area contributed by atoms with Crippen molar-refractivity contribution in [1.29, 1.82) is 0 Å². The lowest BCUT2D eigenvalue weighted by Crippen LogP contribution is -2.55. The highest BCUT2D eigenvalue weighted by molar-refractivity contribution is 7.89. The van der Waals surface area contributed by atoms with E-state index < -0.39 is 16.1 Å². The van der Waals surface area contributed by atoms with Gasteiger partial charge in [0.1, 0.15) is 6.04 Å². The molecule has 9 heteroatoms. The van der Waals surface area contributed by atoms with Gasteiger partial charge in [0.05, 0.1) is 19.1 Å². The maximum Gasteiger partial charge on any atom is 0.244 e. The summed E-state index contributed by atoms with van der Waals surface area (Å²) in [6.07, 6.45) is 1.96. The van der Waals surface area contributed by atoms with Crippen LogP contribution < -0.4 is 20.1 Å². The lowest BCUT2D eigenvalue weighted by Gasteiger charge is -2.37. The van der Waals surface area contributed by atoms with E-state index in [1.54, 1.807) is 6.07 Å². The predicted octanol–water partition coefficient (Wildman–Crippen LogP) is 3.49. The number of sulfonamides is 1. The molecule has 0 aromatic heterocycles. The summed E-state index contributed by atoms with van der Waals surface area (Å²) in [7, 11) is -1.02. The van der Waals surface area contributed by atoms with E-state index in [1.807, 2.05) is 37.3 Å². The van der Waals surface area contributed by atoms with Gasteiger partial charge in [-0.05, 0) is 63.8 Å². The van der Waals surface area contributed by atoms with E-state index in [9.17, 15) is 13.2 Å². The van der Waals surface area contributed by atoms with E-state index in [2.05, 4.69) is 31.4 Å². The third-order valence-corrected chi connectivity index (χ3v) is 8.39. The van der Waals surface area contributed by atoms with Crippen molar-refractivity contribution >= 4 is 15.9 Å². The average Bonchev–Trinajstić information content (AvgIpc) is 2.83. The minimum Gasteiger partial charge on any atom is -0.493 e. The molecule has 2 N–H and O–H groups in total. The molecule has 0 radical (unpaired) electrons. The summed E-state index contributed by atoms with van der Waals surface area (Å²) in [5.74, 6) is 0.450. The molecule has 2 aromatic carbocycles. The van der Waals surface area contributed by atoms with Crippen molar-refractivity contribution in [3.05, 3.63) is 53.6 Å². The van der Waals surface area contributed by atoms with Crippen LogP contribution in [0.3, 0.4) is 0 Å². The van der Waals surface area contributed by atoms with Crippen molar-refractivity contribution in [2.45, 2.75) is 76.0 Å². The van der Waals surface area contributed by atoms with E-state index in [4.69, 9.17) is 9.47 Å². The molecule has 3 rings (SSSR count). The normalized spacial score (nSPS) is 18.2. The first-order chi connectivity index (χ1) is 17.0. The number of fused-ring (bicyclic) bond motifs is 1. The van der Waals surface area contributed by atoms with Crippen LogP contribution in [0, 0.1) is 0 Å². The van der Waals surface area contributed by atoms with Gasteiger partial charge in [-0.25, -0.2) is 8.42 Å². The molecular formula is C27H39N3O5S. The summed E-state index contributed by atoms with van der Waals surface area (Å²) in [6.45, 7) is 9.26. The molecule has 198 valence electrons. The second kappa shape index (κ2) is 11.6. The molecule has 2 unspecified atom stereocenters. The molecule has 8 nitrogen and oxygen atoms in total. The molecule has 0 bridgehead atoms. The van der Waals surface area contributed by atoms with Crippen LogP contribution in [-0.2, 0) is 27.8 Å². The Balaban J connectivity index is 1.95. The number of ether oxygens (including phenoxy) is 2. The number of nitrogens with one attached hydrogen (secondary N) is 2. The fourth-order valence-corrected chi connectivity index (χ4v) is 6.59. The molecule has 0 fully saturated rings. The van der Waals surface area contributed by atoms with Crippen LogP contribution in [-0.4, -0.2) is 57.0 Å². The van der Waals surface area contributed by atoms with Crippen molar-refractivity contribution in [2.75, 3.05) is 20.8 Å². The molecule has 1 aliphatic heterocycles. The molecule has 0 aliphatic carbocycles. The van der Waals surface area contributed by atoms with Crippen LogP contribution in [0.25, 0.3) is 0 Å². The highest BCUT2D eigenvalue weighted by atomic mass is 32.2. The maximum absolute atomic E-state index is 13.9. The van der Waals surface area contributed by atoms with Crippen molar-refractivity contribution < 1.29 is 22.7 Å². The van der Waals surface area contributed by atoms with E-state index in [-0.39, 0.29) is 35.3 Å². The zero-order valence-corrected chi connectivity index (χ0v) is 22.9. The number of carbonyl (C=O) groups excluding carboxylic acids is 1. The summed E-state index contributed by atoms with van der Waals surface area (Å²) in [4.78, 5) is 13.7. The zero-order valence-electron chi connectivity index (χ0n) is 22.1. The molecule has 0 saturated carbocycles. The molecule has 1 heterocycles. The number of methoxy groups -OCH3 is 2. The van der Waals surface area contributed by atoms with Crippen LogP contribution >= 0.6 is 0 Å². The summed E-state index contributed by atoms with van der Waals surface area (Å²) >= 11 is 0. The van der Waals surface area contributed by atoms with Gasteiger partial charge >= 0.3 is 0 Å². The van der Waals surface area contributed by atoms with Crippen molar-refractivity contribution in [3.8, 4) is 11.5 Å². The molecule has 1 aliphatic rings. The quantitative estimate of drug-likeness (QED) is 0.474. The van der Waals surface area contributed by atoms with E-state index in [0.717, 1.165) is 18.5 Å². The van der Waals surface area contributed by atoms with Crippen LogP contribution in [0.4, 0.5) is 0 Å². The number of hydrogen-bond acceptors (Lipinski definition) is 6. The number of hydrogen-bond donors (Lipinski definition) is 2. The molecule has 0 spiro atoms. The van der Waals surface area contributed by atoms with E-state index in [1.165, 1.54) is 24.6 Å². The Morgan fingerprint density at radius 3 is 2.39 bits per heavy atom. The zero-order chi connectivity index (χ0) is 26.5. The van der Waals surface area contributed by atoms with Gasteiger partial charge in [0.25, 0.3) is 0 Å². The lowest BCUT2D eigenvalue weighted by molar-refractivity contribution is -0.125. The van der Waals surface area contributed by atoms with Crippen molar-refractivity contribution in [1.82, 2.24) is 14.9 Å². The second-order valence-corrected chi connectivity index (χ2v) is 11.9. The Labute approximate surface area is 215 Å². The van der Waals surface area contributed by atoms with Crippen LogP contribution in [0.2, 0.25) is 0 Å². The Bertz CT molecular complexity index is 1150. The fourth-order valence-electron chi connectivity index (χ4n) is 4.78. The van der Waals surface area contributed by atoms with Crippen LogP contribution in [0.5, 0.6) is 11.5 Å². The largest absolute Gasteiger partial charge is 0.493 e. The fraction of sp³-hybridized carbons (Fsp3) is 0.519. The smallest absolute Gasteiger partial charge is 0.244 e. The summed E-state index contributed by atoms with van der Waals surface area (Å²) in [5, 5.41) is 6.58. The number of benzene rings is 2. The van der Waals surface area contributed by atoms with Gasteiger partial charge in [0, 0.05) is 24.2 Å². The Morgan fingerprint density at radius 2 is 1.78 bits per heavy atom. The van der Waals surface area contributed by atoms with Crippen LogP contribution in [0.1, 0.15) is 51.7 Å². The predicted molar refractivity (Wildman–Crippen MR) is 141 cm³/mol. The molecule has 0 saturated heterocycles. The monoisotopic (exact) mass is 517 g/mol. The highest BCUT2D eigenvalue weighted by Gasteiger charge is 2.43. The van der Waals surface area contributed by atoms with Gasteiger partial charge in [0.2, 0.25) is 15.9 Å². The average molecular weight is 518 g/mol. The van der Waals surface area contributed by atoms with E-state index >= 15 is 0 Å². The lowest BCUT2D eigenvalue weighted by atomic mass is 9.95. The topological polar surface area (TPSA) is 97.0 Å². The molecule has 1 amide bonds. The first-order valence-corrected chi connectivity index (χ1v) is 13.8. The third-order valence-electron chi connectivity index (χ3n) is 6.46. The minimum atomic E-state index is -3.99. The minimum absolute atomic E-state index is 0.0903. The first kappa shape index (κ1) is 28.0. The first-order valence-electron chi connectivity index (χ1n) is 12.4. The Morgan fingerprint density at radius 1 is 1.14 bits per heavy atom. The highest BCUT2D eigenvalue weighted by Crippen LogP contribution is 2.39. The maximum atomic E-state index is 13.9.